The van der Waals surface area contributed by atoms with Gasteiger partial charge < -0.3 is 18.8 Å². The molecule has 0 N–H and O–H groups in total. The Morgan fingerprint density at radius 3 is 2.11 bits per heavy atom. The van der Waals surface area contributed by atoms with Crippen LogP contribution in [0.2, 0.25) is 0 Å². The average Bonchev–Trinajstić information content (AvgIpc) is 3.77. The number of benzene rings is 6. The van der Waals surface area contributed by atoms with Gasteiger partial charge >= 0.3 is 0 Å². The maximum absolute atomic E-state index is 6.08. The predicted octanol–water partition coefficient (Wildman–Crippen LogP) is 12.8. The second-order valence-corrected chi connectivity index (χ2v) is 13.4. The van der Waals surface area contributed by atoms with Crippen LogP contribution in [0, 0.1) is 26.0 Å². The van der Waals surface area contributed by atoms with Crippen molar-refractivity contribution in [3.8, 4) is 33.6 Å². The number of hydrogen-bond acceptors (Lipinski definition) is 4. The minimum atomic E-state index is 0. The fourth-order valence-electron chi connectivity index (χ4n) is 6.96. The minimum Gasteiger partial charge on any atom is -0.501 e. The van der Waals surface area contributed by atoms with Crippen LogP contribution in [-0.4, -0.2) is 9.97 Å². The predicted molar refractivity (Wildman–Crippen MR) is 216 cm³/mol. The summed E-state index contributed by atoms with van der Waals surface area (Å²) in [6, 6.07) is 56.4. The van der Waals surface area contributed by atoms with Crippen LogP contribution in [0.3, 0.4) is 0 Å². The van der Waals surface area contributed by atoms with Crippen molar-refractivity contribution in [3.63, 3.8) is 0 Å². The van der Waals surface area contributed by atoms with Gasteiger partial charge in [-0.3, -0.25) is 0 Å². The number of pyridine rings is 2. The first-order valence-electron chi connectivity index (χ1n) is 17.8. The van der Waals surface area contributed by atoms with Crippen LogP contribution in [0.1, 0.15) is 22.3 Å². The Morgan fingerprint density at radius 2 is 1.30 bits per heavy atom. The summed E-state index contributed by atoms with van der Waals surface area (Å²) in [7, 11) is 0. The van der Waals surface area contributed by atoms with Crippen molar-refractivity contribution in [2.24, 2.45) is 0 Å². The van der Waals surface area contributed by atoms with Gasteiger partial charge in [-0.05, 0) is 71.6 Å². The van der Waals surface area contributed by atoms with E-state index in [1.807, 2.05) is 67.8 Å². The summed E-state index contributed by atoms with van der Waals surface area (Å²) in [5.74, 6) is 0. The standard InChI is InChI=1S/C30H20NO.C19H14NO.Ir/c1-3-9-21(10-4-1)17-24-19-28(31-20-27(24)22-11-5-2-6-12-22)23-15-16-30-26(18-23)25-13-7-8-14-29(25)32-30;1-12-6-8-14-15-4-3-5-16(19(15)21-18(14)10-12)17-9-7-13(2)11-20-17;/h1-14,16,18-20H,17H2;3-4,6-11H,1-2H3;/q2*-1;. The van der Waals surface area contributed by atoms with Crippen molar-refractivity contribution in [2.75, 3.05) is 0 Å². The van der Waals surface area contributed by atoms with Gasteiger partial charge in [0.25, 0.3) is 0 Å². The quantitative estimate of drug-likeness (QED) is 0.162. The second kappa shape index (κ2) is 15.1. The summed E-state index contributed by atoms with van der Waals surface area (Å²) in [5.41, 5.74) is 14.4. The molecule has 0 bridgehead atoms. The third-order valence-corrected chi connectivity index (χ3v) is 9.65. The molecule has 0 unspecified atom stereocenters. The Labute approximate surface area is 327 Å². The Balaban J connectivity index is 0.000000163. The fraction of sp³-hybridized carbons (Fsp3) is 0.0612. The molecular formula is C49H34IrN2O2-2. The molecule has 0 fully saturated rings. The zero-order valence-electron chi connectivity index (χ0n) is 29.8. The molecule has 0 aliphatic carbocycles. The Hall–Kier alpha value is -6.13. The number of aryl methyl sites for hydroxylation is 2. The summed E-state index contributed by atoms with van der Waals surface area (Å²) in [6.07, 6.45) is 4.71. The molecule has 6 aromatic carbocycles. The van der Waals surface area contributed by atoms with Crippen LogP contribution >= 0.6 is 0 Å². The summed E-state index contributed by atoms with van der Waals surface area (Å²) in [5, 5.41) is 4.45. The van der Waals surface area contributed by atoms with Crippen molar-refractivity contribution in [1.29, 1.82) is 0 Å². The molecule has 1 radical (unpaired) electrons. The number of hydrogen-bond donors (Lipinski definition) is 0. The molecule has 5 heteroatoms. The molecule has 4 nitrogen and oxygen atoms in total. The smallest absolute Gasteiger partial charge is 0.121 e. The van der Waals surface area contributed by atoms with Gasteiger partial charge in [-0.15, -0.1) is 42.0 Å². The van der Waals surface area contributed by atoms with Crippen molar-refractivity contribution in [3.05, 3.63) is 192 Å². The van der Waals surface area contributed by atoms with Crippen molar-refractivity contribution >= 4 is 43.9 Å². The third-order valence-electron chi connectivity index (χ3n) is 9.65. The van der Waals surface area contributed by atoms with E-state index in [0.29, 0.717) is 0 Å². The Kier molecular flexibility index (Phi) is 9.75. The maximum atomic E-state index is 6.08. The molecule has 0 atom stereocenters. The van der Waals surface area contributed by atoms with Gasteiger partial charge in [0.1, 0.15) is 11.2 Å². The molecule has 4 heterocycles. The number of furan rings is 2. The molecule has 0 saturated heterocycles. The van der Waals surface area contributed by atoms with Crippen LogP contribution in [0.25, 0.3) is 77.5 Å². The normalized spacial score (nSPS) is 11.1. The summed E-state index contributed by atoms with van der Waals surface area (Å²) in [4.78, 5) is 9.33. The third kappa shape index (κ3) is 6.88. The first-order chi connectivity index (χ1) is 26.1. The summed E-state index contributed by atoms with van der Waals surface area (Å²) < 4.78 is 12.0. The van der Waals surface area contributed by atoms with Crippen LogP contribution in [-0.2, 0) is 26.5 Å². The fourth-order valence-corrected chi connectivity index (χ4v) is 6.96. The van der Waals surface area contributed by atoms with E-state index in [1.165, 1.54) is 22.3 Å². The molecule has 0 aliphatic rings. The molecule has 4 aromatic heterocycles. The van der Waals surface area contributed by atoms with Gasteiger partial charge in [-0.2, -0.15) is 0 Å². The SMILES string of the molecule is Cc1ccc(-c2[c-]ccc3c2oc2cc(C)ccc23)nc1.[Ir].[c-]1cc2oc3ccccc3c2cc1-c1cc(Cc2ccccc2)c(-c2ccccc2)cn1. The van der Waals surface area contributed by atoms with Crippen LogP contribution in [0.5, 0.6) is 0 Å². The van der Waals surface area contributed by atoms with Gasteiger partial charge in [0, 0.05) is 48.8 Å². The van der Waals surface area contributed by atoms with E-state index >= 15 is 0 Å². The average molecular weight is 875 g/mol. The maximum Gasteiger partial charge on any atom is 0.121 e. The number of rotatable bonds is 5. The van der Waals surface area contributed by atoms with E-state index in [1.54, 1.807) is 0 Å². The van der Waals surface area contributed by atoms with E-state index in [4.69, 9.17) is 13.8 Å². The second-order valence-electron chi connectivity index (χ2n) is 13.4. The van der Waals surface area contributed by atoms with Crippen molar-refractivity contribution < 1.29 is 28.9 Å². The van der Waals surface area contributed by atoms with E-state index in [2.05, 4.69) is 121 Å². The summed E-state index contributed by atoms with van der Waals surface area (Å²) >= 11 is 0. The number of para-hydroxylation sites is 1. The van der Waals surface area contributed by atoms with Gasteiger partial charge in [0.2, 0.25) is 0 Å². The van der Waals surface area contributed by atoms with Crippen molar-refractivity contribution in [1.82, 2.24) is 9.97 Å². The topological polar surface area (TPSA) is 52.1 Å². The van der Waals surface area contributed by atoms with Gasteiger partial charge in [-0.25, -0.2) is 0 Å². The van der Waals surface area contributed by atoms with Crippen LogP contribution in [0.4, 0.5) is 0 Å². The van der Waals surface area contributed by atoms with Gasteiger partial charge in [0.05, 0.1) is 11.2 Å². The minimum absolute atomic E-state index is 0. The molecule has 0 aliphatic heterocycles. The molecule has 54 heavy (non-hydrogen) atoms. The van der Waals surface area contributed by atoms with Gasteiger partial charge in [0.15, 0.2) is 0 Å². The number of aromatic nitrogens is 2. The molecule has 0 amide bonds. The van der Waals surface area contributed by atoms with E-state index in [-0.39, 0.29) is 20.1 Å². The monoisotopic (exact) mass is 875 g/mol. The molecule has 10 rings (SSSR count). The summed E-state index contributed by atoms with van der Waals surface area (Å²) in [6.45, 7) is 4.10. The Morgan fingerprint density at radius 1 is 0.556 bits per heavy atom. The zero-order chi connectivity index (χ0) is 35.7. The van der Waals surface area contributed by atoms with Crippen LogP contribution in [0.15, 0.2) is 167 Å². The molecule has 0 spiro atoms. The largest absolute Gasteiger partial charge is 0.501 e. The Bertz CT molecular complexity index is 2880. The number of nitrogens with zero attached hydrogens (tertiary/aromatic N) is 2. The first kappa shape index (κ1) is 34.9. The van der Waals surface area contributed by atoms with Crippen LogP contribution < -0.4 is 0 Å². The van der Waals surface area contributed by atoms with E-state index < -0.39 is 0 Å². The zero-order valence-corrected chi connectivity index (χ0v) is 32.2. The molecule has 263 valence electrons. The first-order valence-corrected chi connectivity index (χ1v) is 17.8. The molecular weight excluding hydrogens is 841 g/mol. The number of fused-ring (bicyclic) bond motifs is 6. The van der Waals surface area contributed by atoms with E-state index in [9.17, 15) is 0 Å². The van der Waals surface area contributed by atoms with Gasteiger partial charge in [-0.1, -0.05) is 126 Å². The molecule has 0 saturated carbocycles. The van der Waals surface area contributed by atoms with Crippen molar-refractivity contribution in [2.45, 2.75) is 20.3 Å². The van der Waals surface area contributed by atoms with E-state index in [0.717, 1.165) is 83.9 Å². The molecule has 10 aromatic rings.